The number of hydrogen-bond donors (Lipinski definition) is 1. The number of hydrogen-bond acceptors (Lipinski definition) is 3. The van der Waals surface area contributed by atoms with Crippen molar-refractivity contribution in [1.82, 2.24) is 4.31 Å². The SMILES string of the molecule is CCCS(=O)(=O)N1CCC(C(=O)Nc2ccccc2C(C)(C)C)CC1. The van der Waals surface area contributed by atoms with Crippen LogP contribution in [0.25, 0.3) is 0 Å². The van der Waals surface area contributed by atoms with Crippen molar-refractivity contribution in [2.45, 2.75) is 52.4 Å². The molecule has 1 aromatic rings. The first-order chi connectivity index (χ1) is 11.6. The first-order valence-corrected chi connectivity index (χ1v) is 10.6. The smallest absolute Gasteiger partial charge is 0.227 e. The summed E-state index contributed by atoms with van der Waals surface area (Å²) in [5.41, 5.74) is 1.90. The Balaban J connectivity index is 2.01. The van der Waals surface area contributed by atoms with Crippen molar-refractivity contribution in [3.63, 3.8) is 0 Å². The van der Waals surface area contributed by atoms with E-state index in [0.29, 0.717) is 32.4 Å². The Morgan fingerprint density at radius 2 is 1.80 bits per heavy atom. The molecule has 0 unspecified atom stereocenters. The maximum absolute atomic E-state index is 12.6. The minimum atomic E-state index is -3.17. The van der Waals surface area contributed by atoms with E-state index in [2.05, 4.69) is 26.1 Å². The van der Waals surface area contributed by atoms with Crippen LogP contribution in [0.4, 0.5) is 5.69 Å². The topological polar surface area (TPSA) is 66.5 Å². The fourth-order valence-electron chi connectivity index (χ4n) is 3.26. The van der Waals surface area contributed by atoms with Gasteiger partial charge in [-0.2, -0.15) is 0 Å². The van der Waals surface area contributed by atoms with Gasteiger partial charge in [0, 0.05) is 24.7 Å². The van der Waals surface area contributed by atoms with Crippen molar-refractivity contribution in [2.75, 3.05) is 24.2 Å². The minimum Gasteiger partial charge on any atom is -0.326 e. The molecule has 140 valence electrons. The van der Waals surface area contributed by atoms with Gasteiger partial charge in [-0.1, -0.05) is 45.9 Å². The van der Waals surface area contributed by atoms with Crippen LogP contribution in [0.15, 0.2) is 24.3 Å². The molecule has 1 aromatic carbocycles. The number of amides is 1. The Hall–Kier alpha value is -1.40. The number of sulfonamides is 1. The third-order valence-electron chi connectivity index (χ3n) is 4.67. The Morgan fingerprint density at radius 1 is 1.20 bits per heavy atom. The molecule has 1 heterocycles. The number of carbonyl (C=O) groups excluding carboxylic acids is 1. The van der Waals surface area contributed by atoms with Gasteiger partial charge in [-0.05, 0) is 36.3 Å². The summed E-state index contributed by atoms with van der Waals surface area (Å²) in [5.74, 6) is 0.0355. The maximum atomic E-state index is 12.6. The summed E-state index contributed by atoms with van der Waals surface area (Å²) in [6.45, 7) is 9.09. The fourth-order valence-corrected chi connectivity index (χ4v) is 4.81. The van der Waals surface area contributed by atoms with Gasteiger partial charge < -0.3 is 5.32 Å². The van der Waals surface area contributed by atoms with Gasteiger partial charge in [0.15, 0.2) is 0 Å². The van der Waals surface area contributed by atoms with Gasteiger partial charge in [0.25, 0.3) is 0 Å². The van der Waals surface area contributed by atoms with Crippen LogP contribution in [0.2, 0.25) is 0 Å². The van der Waals surface area contributed by atoms with Gasteiger partial charge >= 0.3 is 0 Å². The second kappa shape index (κ2) is 7.87. The van der Waals surface area contributed by atoms with Crippen molar-refractivity contribution in [1.29, 1.82) is 0 Å². The molecule has 0 aromatic heterocycles. The van der Waals surface area contributed by atoms with Gasteiger partial charge in [-0.15, -0.1) is 0 Å². The number of carbonyl (C=O) groups is 1. The third-order valence-corrected chi connectivity index (χ3v) is 6.75. The Labute approximate surface area is 151 Å². The summed E-state index contributed by atoms with van der Waals surface area (Å²) in [6, 6.07) is 7.87. The number of piperidine rings is 1. The van der Waals surface area contributed by atoms with Gasteiger partial charge in [0.1, 0.15) is 0 Å². The largest absolute Gasteiger partial charge is 0.326 e. The average Bonchev–Trinajstić information content (AvgIpc) is 2.54. The highest BCUT2D eigenvalue weighted by molar-refractivity contribution is 7.89. The van der Waals surface area contributed by atoms with E-state index in [-0.39, 0.29) is 23.0 Å². The molecule has 0 atom stereocenters. The van der Waals surface area contributed by atoms with E-state index < -0.39 is 10.0 Å². The van der Waals surface area contributed by atoms with Gasteiger partial charge in [0.2, 0.25) is 15.9 Å². The first kappa shape index (κ1) is 19.9. The van der Waals surface area contributed by atoms with Crippen LogP contribution >= 0.6 is 0 Å². The predicted octanol–water partition coefficient (Wildman–Crippen LogP) is 3.37. The highest BCUT2D eigenvalue weighted by Gasteiger charge is 2.31. The molecule has 0 spiro atoms. The van der Waals surface area contributed by atoms with E-state index in [1.54, 1.807) is 0 Å². The van der Waals surface area contributed by atoms with Crippen LogP contribution in [0.3, 0.4) is 0 Å². The first-order valence-electron chi connectivity index (χ1n) is 9.03. The van der Waals surface area contributed by atoms with E-state index in [4.69, 9.17) is 0 Å². The molecule has 1 amide bonds. The summed E-state index contributed by atoms with van der Waals surface area (Å²) >= 11 is 0. The zero-order valence-electron chi connectivity index (χ0n) is 15.7. The second-order valence-corrected chi connectivity index (χ2v) is 9.86. The lowest BCUT2D eigenvalue weighted by Gasteiger charge is -2.31. The molecule has 1 saturated heterocycles. The summed E-state index contributed by atoms with van der Waals surface area (Å²) in [5, 5.41) is 3.06. The normalized spacial score (nSPS) is 17.4. The summed E-state index contributed by atoms with van der Waals surface area (Å²) < 4.78 is 25.8. The molecule has 5 nitrogen and oxygen atoms in total. The van der Waals surface area contributed by atoms with E-state index in [1.807, 2.05) is 31.2 Å². The number of para-hydroxylation sites is 1. The molecule has 1 fully saturated rings. The molecule has 0 aliphatic carbocycles. The lowest BCUT2D eigenvalue weighted by Crippen LogP contribution is -2.42. The lowest BCUT2D eigenvalue weighted by atomic mass is 9.85. The Kier molecular flexibility index (Phi) is 6.27. The number of nitrogens with zero attached hydrogens (tertiary/aromatic N) is 1. The number of benzene rings is 1. The lowest BCUT2D eigenvalue weighted by molar-refractivity contribution is -0.120. The molecular formula is C19H30N2O3S. The summed E-state index contributed by atoms with van der Waals surface area (Å²) in [7, 11) is -3.17. The molecule has 1 N–H and O–H groups in total. The van der Waals surface area contributed by atoms with E-state index in [1.165, 1.54) is 4.31 Å². The number of anilines is 1. The molecule has 25 heavy (non-hydrogen) atoms. The molecule has 2 rings (SSSR count). The van der Waals surface area contributed by atoms with E-state index in [9.17, 15) is 13.2 Å². The highest BCUT2D eigenvalue weighted by atomic mass is 32.2. The second-order valence-electron chi connectivity index (χ2n) is 7.77. The van der Waals surface area contributed by atoms with Crippen molar-refractivity contribution in [3.8, 4) is 0 Å². The van der Waals surface area contributed by atoms with E-state index >= 15 is 0 Å². The van der Waals surface area contributed by atoms with Crippen LogP contribution < -0.4 is 5.32 Å². The summed E-state index contributed by atoms with van der Waals surface area (Å²) in [4.78, 5) is 12.6. The quantitative estimate of drug-likeness (QED) is 0.869. The third kappa shape index (κ3) is 5.05. The van der Waals surface area contributed by atoms with Crippen LogP contribution in [-0.4, -0.2) is 37.5 Å². The predicted molar refractivity (Wildman–Crippen MR) is 102 cm³/mol. The fraction of sp³-hybridized carbons (Fsp3) is 0.632. The summed E-state index contributed by atoms with van der Waals surface area (Å²) in [6.07, 6.45) is 1.77. The highest BCUT2D eigenvalue weighted by Crippen LogP contribution is 2.30. The Bertz CT molecular complexity index is 700. The monoisotopic (exact) mass is 366 g/mol. The molecule has 0 saturated carbocycles. The molecule has 0 bridgehead atoms. The maximum Gasteiger partial charge on any atom is 0.227 e. The van der Waals surface area contributed by atoms with E-state index in [0.717, 1.165) is 11.3 Å². The zero-order chi connectivity index (χ0) is 18.7. The number of nitrogens with one attached hydrogen (secondary N) is 1. The zero-order valence-corrected chi connectivity index (χ0v) is 16.5. The van der Waals surface area contributed by atoms with Crippen LogP contribution in [-0.2, 0) is 20.2 Å². The van der Waals surface area contributed by atoms with Crippen LogP contribution in [0.1, 0.15) is 52.5 Å². The van der Waals surface area contributed by atoms with Crippen LogP contribution in [0.5, 0.6) is 0 Å². The van der Waals surface area contributed by atoms with Crippen molar-refractivity contribution in [3.05, 3.63) is 29.8 Å². The molecule has 0 radical (unpaired) electrons. The van der Waals surface area contributed by atoms with Crippen LogP contribution in [0, 0.1) is 5.92 Å². The molecular weight excluding hydrogens is 336 g/mol. The van der Waals surface area contributed by atoms with Crippen molar-refractivity contribution >= 4 is 21.6 Å². The average molecular weight is 367 g/mol. The van der Waals surface area contributed by atoms with Crippen molar-refractivity contribution < 1.29 is 13.2 Å². The van der Waals surface area contributed by atoms with Gasteiger partial charge in [0.05, 0.1) is 5.75 Å². The molecule has 6 heteroatoms. The minimum absolute atomic E-state index is 0.00996. The molecule has 1 aliphatic heterocycles. The van der Waals surface area contributed by atoms with Crippen molar-refractivity contribution in [2.24, 2.45) is 5.92 Å². The number of rotatable bonds is 5. The standard InChI is InChI=1S/C19H30N2O3S/c1-5-14-25(23,24)21-12-10-15(11-13-21)18(22)20-17-9-7-6-8-16(17)19(2,3)4/h6-9,15H,5,10-14H2,1-4H3,(H,20,22). The van der Waals surface area contributed by atoms with Gasteiger partial charge in [-0.3, -0.25) is 4.79 Å². The van der Waals surface area contributed by atoms with Gasteiger partial charge in [-0.25, -0.2) is 12.7 Å². The molecule has 1 aliphatic rings. The Morgan fingerprint density at radius 3 is 2.36 bits per heavy atom.